The van der Waals surface area contributed by atoms with E-state index in [1.807, 2.05) is 20.8 Å². The molecule has 1 aromatic carbocycles. The van der Waals surface area contributed by atoms with Gasteiger partial charge in [0.15, 0.2) is 0 Å². The van der Waals surface area contributed by atoms with Gasteiger partial charge in [-0.1, -0.05) is 26.0 Å². The Hall–Kier alpha value is -2.24. The number of aromatic hydroxyl groups is 1. The van der Waals surface area contributed by atoms with E-state index in [2.05, 4.69) is 10.6 Å². The van der Waals surface area contributed by atoms with E-state index >= 15 is 0 Å². The standard InChI is InChI=1S/C15H22N2O4/c1-9(2)10(3)16-15(21)17-13(14(19)20)8-11-4-6-12(18)7-5-11/h4-7,9-10,13,18H,8H2,1-3H3,(H,19,20)(H2,16,17,21). The highest BCUT2D eigenvalue weighted by atomic mass is 16.4. The number of nitrogens with one attached hydrogen (secondary N) is 2. The number of phenols is 1. The number of carbonyl (C=O) groups excluding carboxylic acids is 1. The number of aliphatic carboxylic acids is 1. The molecule has 116 valence electrons. The quantitative estimate of drug-likeness (QED) is 0.642. The van der Waals surface area contributed by atoms with E-state index in [0.29, 0.717) is 0 Å². The fourth-order valence-electron chi connectivity index (χ4n) is 1.64. The zero-order chi connectivity index (χ0) is 16.0. The van der Waals surface area contributed by atoms with Crippen LogP contribution in [0, 0.1) is 5.92 Å². The Bertz CT molecular complexity index is 485. The zero-order valence-corrected chi connectivity index (χ0v) is 12.5. The summed E-state index contributed by atoms with van der Waals surface area (Å²) >= 11 is 0. The van der Waals surface area contributed by atoms with Crippen LogP contribution < -0.4 is 10.6 Å². The molecule has 2 amide bonds. The van der Waals surface area contributed by atoms with Gasteiger partial charge in [0.25, 0.3) is 0 Å². The second-order valence-electron chi connectivity index (χ2n) is 5.41. The van der Waals surface area contributed by atoms with Gasteiger partial charge in [0, 0.05) is 12.5 Å². The van der Waals surface area contributed by atoms with Crippen molar-refractivity contribution in [2.75, 3.05) is 0 Å². The summed E-state index contributed by atoms with van der Waals surface area (Å²) in [6, 6.07) is 4.65. The number of urea groups is 1. The highest BCUT2D eigenvalue weighted by molar-refractivity contribution is 5.82. The minimum absolute atomic E-state index is 0.0480. The van der Waals surface area contributed by atoms with Gasteiger partial charge in [-0.15, -0.1) is 0 Å². The molecule has 21 heavy (non-hydrogen) atoms. The fraction of sp³-hybridized carbons (Fsp3) is 0.467. The molecule has 1 rings (SSSR count). The van der Waals surface area contributed by atoms with Crippen LogP contribution in [0.5, 0.6) is 5.75 Å². The third-order valence-corrected chi connectivity index (χ3v) is 3.34. The summed E-state index contributed by atoms with van der Waals surface area (Å²) in [6.07, 6.45) is 0.152. The van der Waals surface area contributed by atoms with Gasteiger partial charge in [0.1, 0.15) is 11.8 Å². The molecular formula is C15H22N2O4. The van der Waals surface area contributed by atoms with Crippen LogP contribution in [0.2, 0.25) is 0 Å². The number of carboxylic acid groups (broad SMARTS) is 1. The molecular weight excluding hydrogens is 272 g/mol. The second-order valence-corrected chi connectivity index (χ2v) is 5.41. The van der Waals surface area contributed by atoms with Gasteiger partial charge in [-0.25, -0.2) is 9.59 Å². The largest absolute Gasteiger partial charge is 0.508 e. The van der Waals surface area contributed by atoms with Gasteiger partial charge in [-0.2, -0.15) is 0 Å². The van der Waals surface area contributed by atoms with E-state index in [-0.39, 0.29) is 24.1 Å². The molecule has 2 atom stereocenters. The first kappa shape index (κ1) is 16.8. The number of hydrogen-bond donors (Lipinski definition) is 4. The van der Waals surface area contributed by atoms with Crippen LogP contribution in [0.1, 0.15) is 26.3 Å². The average Bonchev–Trinajstić information content (AvgIpc) is 2.40. The maximum atomic E-state index is 11.8. The van der Waals surface area contributed by atoms with Crippen LogP contribution in [-0.2, 0) is 11.2 Å². The van der Waals surface area contributed by atoms with Crippen molar-refractivity contribution < 1.29 is 19.8 Å². The minimum atomic E-state index is -1.10. The van der Waals surface area contributed by atoms with Crippen molar-refractivity contribution >= 4 is 12.0 Å². The number of phenolic OH excluding ortho intramolecular Hbond substituents is 1. The van der Waals surface area contributed by atoms with Gasteiger partial charge in [0.05, 0.1) is 0 Å². The van der Waals surface area contributed by atoms with E-state index in [0.717, 1.165) is 5.56 Å². The van der Waals surface area contributed by atoms with Crippen molar-refractivity contribution in [2.45, 2.75) is 39.3 Å². The van der Waals surface area contributed by atoms with Crippen molar-refractivity contribution in [1.82, 2.24) is 10.6 Å². The third-order valence-electron chi connectivity index (χ3n) is 3.34. The number of hydrogen-bond acceptors (Lipinski definition) is 3. The molecule has 2 unspecified atom stereocenters. The summed E-state index contributed by atoms with van der Waals surface area (Å²) in [6.45, 7) is 5.80. The fourth-order valence-corrected chi connectivity index (χ4v) is 1.64. The molecule has 0 saturated carbocycles. The Kier molecular flexibility index (Phi) is 6.02. The van der Waals surface area contributed by atoms with E-state index in [1.165, 1.54) is 12.1 Å². The predicted molar refractivity (Wildman–Crippen MR) is 79.2 cm³/mol. The molecule has 0 aliphatic heterocycles. The summed E-state index contributed by atoms with van der Waals surface area (Å²) in [5, 5.41) is 23.5. The third kappa shape index (κ3) is 5.72. The molecule has 0 aromatic heterocycles. The Morgan fingerprint density at radius 1 is 1.10 bits per heavy atom. The molecule has 0 aliphatic carbocycles. The van der Waals surface area contributed by atoms with E-state index in [1.54, 1.807) is 12.1 Å². The van der Waals surface area contributed by atoms with Crippen molar-refractivity contribution in [3.63, 3.8) is 0 Å². The molecule has 0 spiro atoms. The molecule has 0 bridgehead atoms. The maximum absolute atomic E-state index is 11.8. The number of carboxylic acids is 1. The Labute approximate surface area is 124 Å². The van der Waals surface area contributed by atoms with Crippen LogP contribution in [0.3, 0.4) is 0 Å². The number of benzene rings is 1. The van der Waals surface area contributed by atoms with Crippen molar-refractivity contribution in [1.29, 1.82) is 0 Å². The first-order chi connectivity index (χ1) is 9.79. The number of carbonyl (C=O) groups is 2. The minimum Gasteiger partial charge on any atom is -0.508 e. The van der Waals surface area contributed by atoms with Gasteiger partial charge in [-0.3, -0.25) is 0 Å². The Morgan fingerprint density at radius 3 is 2.14 bits per heavy atom. The van der Waals surface area contributed by atoms with E-state index < -0.39 is 18.0 Å². The highest BCUT2D eigenvalue weighted by Crippen LogP contribution is 2.11. The summed E-state index contributed by atoms with van der Waals surface area (Å²) in [5.41, 5.74) is 0.720. The number of rotatable bonds is 6. The zero-order valence-electron chi connectivity index (χ0n) is 12.5. The van der Waals surface area contributed by atoms with Crippen LogP contribution in [0.25, 0.3) is 0 Å². The molecule has 6 heteroatoms. The molecule has 6 nitrogen and oxygen atoms in total. The van der Waals surface area contributed by atoms with Gasteiger partial charge in [0.2, 0.25) is 0 Å². The molecule has 0 heterocycles. The summed E-state index contributed by atoms with van der Waals surface area (Å²) < 4.78 is 0. The summed E-state index contributed by atoms with van der Waals surface area (Å²) in [4.78, 5) is 23.0. The topological polar surface area (TPSA) is 98.7 Å². The normalized spacial score (nSPS) is 13.5. The lowest BCUT2D eigenvalue weighted by Gasteiger charge is -2.20. The van der Waals surface area contributed by atoms with Crippen LogP contribution >= 0.6 is 0 Å². The van der Waals surface area contributed by atoms with Crippen molar-refractivity contribution in [2.24, 2.45) is 5.92 Å². The number of amides is 2. The lowest BCUT2D eigenvalue weighted by atomic mass is 10.1. The Morgan fingerprint density at radius 2 is 1.67 bits per heavy atom. The van der Waals surface area contributed by atoms with Crippen LogP contribution in [-0.4, -0.2) is 34.3 Å². The summed E-state index contributed by atoms with van der Waals surface area (Å²) in [5.74, 6) is -0.728. The molecule has 0 aliphatic rings. The summed E-state index contributed by atoms with van der Waals surface area (Å²) in [7, 11) is 0. The Balaban J connectivity index is 2.63. The maximum Gasteiger partial charge on any atom is 0.326 e. The second kappa shape index (κ2) is 7.52. The van der Waals surface area contributed by atoms with E-state index in [4.69, 9.17) is 0 Å². The smallest absolute Gasteiger partial charge is 0.326 e. The van der Waals surface area contributed by atoms with Gasteiger partial charge >= 0.3 is 12.0 Å². The molecule has 0 radical (unpaired) electrons. The molecule has 4 N–H and O–H groups in total. The van der Waals surface area contributed by atoms with Crippen LogP contribution in [0.15, 0.2) is 24.3 Å². The molecule has 0 saturated heterocycles. The van der Waals surface area contributed by atoms with E-state index in [9.17, 15) is 19.8 Å². The van der Waals surface area contributed by atoms with Gasteiger partial charge < -0.3 is 20.8 Å². The van der Waals surface area contributed by atoms with Crippen molar-refractivity contribution in [3.05, 3.63) is 29.8 Å². The first-order valence-electron chi connectivity index (χ1n) is 6.87. The lowest BCUT2D eigenvalue weighted by Crippen LogP contribution is -2.50. The SMILES string of the molecule is CC(C)C(C)NC(=O)NC(Cc1ccc(O)cc1)C(=O)O. The predicted octanol–water partition coefficient (Wildman–Crippen LogP) is 1.73. The monoisotopic (exact) mass is 294 g/mol. The van der Waals surface area contributed by atoms with Gasteiger partial charge in [-0.05, 0) is 30.5 Å². The molecule has 1 aromatic rings. The molecule has 0 fully saturated rings. The van der Waals surface area contributed by atoms with Crippen LogP contribution in [0.4, 0.5) is 4.79 Å². The first-order valence-corrected chi connectivity index (χ1v) is 6.87. The van der Waals surface area contributed by atoms with Crippen molar-refractivity contribution in [3.8, 4) is 5.75 Å². The lowest BCUT2D eigenvalue weighted by molar-refractivity contribution is -0.139. The average molecular weight is 294 g/mol. The highest BCUT2D eigenvalue weighted by Gasteiger charge is 2.21.